The van der Waals surface area contributed by atoms with Crippen molar-refractivity contribution >= 4 is 11.3 Å². The number of thiophene rings is 1. The SMILES string of the molecule is c1cc2c(s1)CCN(CC1CC3CCC1N3)C2. The molecule has 0 radical (unpaired) electrons. The van der Waals surface area contributed by atoms with Crippen molar-refractivity contribution in [1.29, 1.82) is 0 Å². The molecule has 4 heterocycles. The van der Waals surface area contributed by atoms with Crippen LogP contribution < -0.4 is 5.32 Å². The zero-order chi connectivity index (χ0) is 11.2. The van der Waals surface area contributed by atoms with Gasteiger partial charge in [0.25, 0.3) is 0 Å². The molecule has 3 unspecified atom stereocenters. The number of hydrogen-bond donors (Lipinski definition) is 1. The molecule has 1 aromatic heterocycles. The summed E-state index contributed by atoms with van der Waals surface area (Å²) in [6.45, 7) is 3.80. The lowest BCUT2D eigenvalue weighted by atomic mass is 9.88. The van der Waals surface area contributed by atoms with Gasteiger partial charge in [-0.2, -0.15) is 0 Å². The van der Waals surface area contributed by atoms with Crippen molar-refractivity contribution in [1.82, 2.24) is 10.2 Å². The fourth-order valence-corrected chi connectivity index (χ4v) is 4.82. The van der Waals surface area contributed by atoms with Crippen LogP contribution in [0.1, 0.15) is 29.7 Å². The van der Waals surface area contributed by atoms with Gasteiger partial charge in [-0.3, -0.25) is 4.90 Å². The highest BCUT2D eigenvalue weighted by molar-refractivity contribution is 7.10. The maximum atomic E-state index is 3.76. The number of fused-ring (bicyclic) bond motifs is 3. The minimum absolute atomic E-state index is 0.837. The van der Waals surface area contributed by atoms with E-state index in [1.54, 1.807) is 10.4 Å². The molecule has 2 nitrogen and oxygen atoms in total. The van der Waals surface area contributed by atoms with Crippen LogP contribution >= 0.6 is 11.3 Å². The predicted octanol–water partition coefficient (Wildman–Crippen LogP) is 2.25. The van der Waals surface area contributed by atoms with Crippen molar-refractivity contribution in [3.8, 4) is 0 Å². The van der Waals surface area contributed by atoms with E-state index in [1.165, 1.54) is 45.3 Å². The van der Waals surface area contributed by atoms with Crippen molar-refractivity contribution in [3.05, 3.63) is 21.9 Å². The van der Waals surface area contributed by atoms with E-state index in [9.17, 15) is 0 Å². The molecule has 2 bridgehead atoms. The fourth-order valence-electron chi connectivity index (χ4n) is 3.93. The largest absolute Gasteiger partial charge is 0.311 e. The van der Waals surface area contributed by atoms with Crippen LogP contribution in [0.5, 0.6) is 0 Å². The smallest absolute Gasteiger partial charge is 0.0245 e. The molecule has 1 N–H and O–H groups in total. The Morgan fingerprint density at radius 3 is 3.24 bits per heavy atom. The summed E-state index contributed by atoms with van der Waals surface area (Å²) in [7, 11) is 0. The van der Waals surface area contributed by atoms with Gasteiger partial charge in [-0.15, -0.1) is 11.3 Å². The molecule has 17 heavy (non-hydrogen) atoms. The van der Waals surface area contributed by atoms with Crippen LogP contribution in [-0.4, -0.2) is 30.1 Å². The van der Waals surface area contributed by atoms with Gasteiger partial charge in [0, 0.05) is 36.6 Å². The maximum Gasteiger partial charge on any atom is 0.0245 e. The Morgan fingerprint density at radius 1 is 1.41 bits per heavy atom. The van der Waals surface area contributed by atoms with Crippen molar-refractivity contribution in [2.45, 2.75) is 44.3 Å². The Morgan fingerprint density at radius 2 is 2.41 bits per heavy atom. The molecule has 3 atom stereocenters. The van der Waals surface area contributed by atoms with Crippen molar-refractivity contribution < 1.29 is 0 Å². The molecule has 0 saturated carbocycles. The fraction of sp³-hybridized carbons (Fsp3) is 0.714. The van der Waals surface area contributed by atoms with Crippen LogP contribution in [0.2, 0.25) is 0 Å². The van der Waals surface area contributed by atoms with Gasteiger partial charge in [-0.05, 0) is 48.6 Å². The van der Waals surface area contributed by atoms with Gasteiger partial charge < -0.3 is 5.32 Å². The van der Waals surface area contributed by atoms with Crippen molar-refractivity contribution in [3.63, 3.8) is 0 Å². The topological polar surface area (TPSA) is 15.3 Å². The van der Waals surface area contributed by atoms with E-state index in [-0.39, 0.29) is 0 Å². The third-order valence-corrected chi connectivity index (χ3v) is 5.83. The first-order valence-corrected chi connectivity index (χ1v) is 7.80. The van der Waals surface area contributed by atoms with E-state index in [0.29, 0.717) is 0 Å². The van der Waals surface area contributed by atoms with E-state index >= 15 is 0 Å². The quantitative estimate of drug-likeness (QED) is 0.863. The predicted molar refractivity (Wildman–Crippen MR) is 71.4 cm³/mol. The van der Waals surface area contributed by atoms with E-state index in [2.05, 4.69) is 21.7 Å². The average Bonchev–Trinajstić information content (AvgIpc) is 3.03. The molecule has 4 rings (SSSR count). The summed E-state index contributed by atoms with van der Waals surface area (Å²) in [5, 5.41) is 6.01. The van der Waals surface area contributed by atoms with Crippen LogP contribution in [0.4, 0.5) is 0 Å². The second kappa shape index (κ2) is 4.08. The number of hydrogen-bond acceptors (Lipinski definition) is 3. The van der Waals surface area contributed by atoms with Gasteiger partial charge >= 0.3 is 0 Å². The van der Waals surface area contributed by atoms with Gasteiger partial charge in [-0.1, -0.05) is 0 Å². The molecule has 0 spiro atoms. The zero-order valence-electron chi connectivity index (χ0n) is 10.2. The highest BCUT2D eigenvalue weighted by Gasteiger charge is 2.39. The summed E-state index contributed by atoms with van der Waals surface area (Å²) in [6.07, 6.45) is 5.56. The summed E-state index contributed by atoms with van der Waals surface area (Å²) >= 11 is 1.94. The minimum atomic E-state index is 0.837. The molecular formula is C14H20N2S. The number of nitrogens with zero attached hydrogens (tertiary/aromatic N) is 1. The molecular weight excluding hydrogens is 228 g/mol. The van der Waals surface area contributed by atoms with Gasteiger partial charge in [0.1, 0.15) is 0 Å². The lowest BCUT2D eigenvalue weighted by Crippen LogP contribution is -2.37. The van der Waals surface area contributed by atoms with E-state index in [1.807, 2.05) is 11.3 Å². The van der Waals surface area contributed by atoms with E-state index < -0.39 is 0 Å². The summed E-state index contributed by atoms with van der Waals surface area (Å²) < 4.78 is 0. The second-order valence-electron chi connectivity index (χ2n) is 5.90. The molecule has 3 heteroatoms. The standard InChI is InChI=1S/C14H20N2S/c1-2-13-11(7-12(1)15-13)9-16-5-3-14-10(8-16)4-6-17-14/h4,6,11-13,15H,1-3,5,7-9H2. The summed E-state index contributed by atoms with van der Waals surface area (Å²) in [4.78, 5) is 4.31. The van der Waals surface area contributed by atoms with E-state index in [0.717, 1.165) is 18.0 Å². The Kier molecular flexibility index (Phi) is 2.53. The summed E-state index contributed by atoms with van der Waals surface area (Å²) in [5.74, 6) is 0.925. The number of nitrogens with one attached hydrogen (secondary N) is 1. The van der Waals surface area contributed by atoms with Crippen LogP contribution in [-0.2, 0) is 13.0 Å². The molecule has 2 fully saturated rings. The van der Waals surface area contributed by atoms with E-state index in [4.69, 9.17) is 0 Å². The Balaban J connectivity index is 1.41. The third kappa shape index (κ3) is 1.85. The highest BCUT2D eigenvalue weighted by atomic mass is 32.1. The molecule has 92 valence electrons. The highest BCUT2D eigenvalue weighted by Crippen LogP contribution is 2.34. The summed E-state index contributed by atoms with van der Waals surface area (Å²) in [5.41, 5.74) is 1.59. The third-order valence-electron chi connectivity index (χ3n) is 4.81. The van der Waals surface area contributed by atoms with Crippen molar-refractivity contribution in [2.75, 3.05) is 13.1 Å². The molecule has 0 aliphatic carbocycles. The van der Waals surface area contributed by atoms with Gasteiger partial charge in [0.2, 0.25) is 0 Å². The second-order valence-corrected chi connectivity index (χ2v) is 6.90. The lowest BCUT2D eigenvalue weighted by molar-refractivity contribution is 0.197. The first-order valence-electron chi connectivity index (χ1n) is 6.92. The maximum absolute atomic E-state index is 3.76. The van der Waals surface area contributed by atoms with Gasteiger partial charge in [-0.25, -0.2) is 0 Å². The number of rotatable bonds is 2. The van der Waals surface area contributed by atoms with Gasteiger partial charge in [0.05, 0.1) is 0 Å². The first-order chi connectivity index (χ1) is 8.38. The van der Waals surface area contributed by atoms with Crippen LogP contribution in [0.25, 0.3) is 0 Å². The minimum Gasteiger partial charge on any atom is -0.311 e. The molecule has 3 aliphatic rings. The molecule has 0 aromatic carbocycles. The molecule has 0 amide bonds. The van der Waals surface area contributed by atoms with Crippen LogP contribution in [0.15, 0.2) is 11.4 Å². The van der Waals surface area contributed by atoms with Crippen molar-refractivity contribution in [2.24, 2.45) is 5.92 Å². The van der Waals surface area contributed by atoms with Crippen LogP contribution in [0.3, 0.4) is 0 Å². The Bertz CT molecular complexity index is 414. The first kappa shape index (κ1) is 10.5. The molecule has 2 saturated heterocycles. The normalized spacial score (nSPS) is 36.4. The Hall–Kier alpha value is -0.380. The van der Waals surface area contributed by atoms with Gasteiger partial charge in [0.15, 0.2) is 0 Å². The van der Waals surface area contributed by atoms with Crippen LogP contribution in [0, 0.1) is 5.92 Å². The molecule has 3 aliphatic heterocycles. The molecule has 1 aromatic rings. The summed E-state index contributed by atoms with van der Waals surface area (Å²) in [6, 6.07) is 4.01. The monoisotopic (exact) mass is 248 g/mol. The lowest BCUT2D eigenvalue weighted by Gasteiger charge is -2.31. The average molecular weight is 248 g/mol. The Labute approximate surface area is 107 Å². The zero-order valence-corrected chi connectivity index (χ0v) is 11.0.